The van der Waals surface area contributed by atoms with E-state index < -0.39 is 0 Å². The van der Waals surface area contributed by atoms with Crippen molar-refractivity contribution in [3.05, 3.63) is 27.9 Å². The van der Waals surface area contributed by atoms with E-state index in [9.17, 15) is 0 Å². The fourth-order valence-electron chi connectivity index (χ4n) is 1.60. The molecule has 0 aliphatic carbocycles. The number of halogens is 1. The number of hydrogen-bond donors (Lipinski definition) is 1. The molecule has 0 spiro atoms. The summed E-state index contributed by atoms with van der Waals surface area (Å²) >= 11 is 3.46. The van der Waals surface area contributed by atoms with E-state index in [0.717, 1.165) is 27.6 Å². The van der Waals surface area contributed by atoms with Crippen molar-refractivity contribution in [3.63, 3.8) is 0 Å². The first kappa shape index (κ1) is 10.6. The van der Waals surface area contributed by atoms with Crippen molar-refractivity contribution in [1.82, 2.24) is 5.16 Å². The third-order valence-electron chi connectivity index (χ3n) is 2.42. The fourth-order valence-corrected chi connectivity index (χ4v) is 2.18. The van der Waals surface area contributed by atoms with Gasteiger partial charge < -0.3 is 9.63 Å². The maximum absolute atomic E-state index is 8.90. The smallest absolute Gasteiger partial charge is 0.181 e. The first-order chi connectivity index (χ1) is 7.26. The van der Waals surface area contributed by atoms with Gasteiger partial charge in [0.05, 0.1) is 10.2 Å². The van der Waals surface area contributed by atoms with Crippen molar-refractivity contribution in [2.75, 3.05) is 6.61 Å². The Kier molecular flexibility index (Phi) is 3.07. The van der Waals surface area contributed by atoms with Gasteiger partial charge in [-0.2, -0.15) is 0 Å². The minimum absolute atomic E-state index is 0.0929. The van der Waals surface area contributed by atoms with Crippen LogP contribution in [-0.2, 0) is 12.8 Å². The number of fused-ring (bicyclic) bond motifs is 1. The van der Waals surface area contributed by atoms with Gasteiger partial charge in [-0.3, -0.25) is 0 Å². The number of nitrogens with zero attached hydrogens (tertiary/aromatic N) is 1. The number of rotatable bonds is 3. The number of aromatic nitrogens is 1. The summed E-state index contributed by atoms with van der Waals surface area (Å²) in [5.41, 5.74) is 2.82. The molecule has 1 aromatic heterocycles. The van der Waals surface area contributed by atoms with E-state index >= 15 is 0 Å². The molecule has 2 rings (SSSR count). The van der Waals surface area contributed by atoms with Gasteiger partial charge in [-0.15, -0.1) is 0 Å². The zero-order valence-corrected chi connectivity index (χ0v) is 10.0. The molecular weight excluding hydrogens is 258 g/mol. The summed E-state index contributed by atoms with van der Waals surface area (Å²) in [6, 6.07) is 4.11. The van der Waals surface area contributed by atoms with Crippen LogP contribution in [0.25, 0.3) is 11.0 Å². The molecule has 0 radical (unpaired) electrons. The summed E-state index contributed by atoms with van der Waals surface area (Å²) in [6.07, 6.45) is 1.50. The summed E-state index contributed by atoms with van der Waals surface area (Å²) < 4.78 is 6.15. The fraction of sp³-hybridized carbons (Fsp3) is 0.364. The largest absolute Gasteiger partial charge is 0.396 e. The Morgan fingerprint density at radius 1 is 1.47 bits per heavy atom. The predicted molar refractivity (Wildman–Crippen MR) is 61.9 cm³/mol. The molecular formula is C11H12BrNO2. The summed E-state index contributed by atoms with van der Waals surface area (Å²) in [4.78, 5) is 0. The normalized spacial score (nSPS) is 11.1. The number of aryl methyl sites for hydroxylation is 1. The van der Waals surface area contributed by atoms with Crippen LogP contribution in [0.1, 0.15) is 18.2 Å². The lowest BCUT2D eigenvalue weighted by Crippen LogP contribution is -1.91. The Morgan fingerprint density at radius 2 is 2.27 bits per heavy atom. The summed E-state index contributed by atoms with van der Waals surface area (Å²) in [5.74, 6) is 0. The second-order valence-electron chi connectivity index (χ2n) is 3.41. The average molecular weight is 270 g/mol. The van der Waals surface area contributed by atoms with Gasteiger partial charge >= 0.3 is 0 Å². The van der Waals surface area contributed by atoms with E-state index in [1.165, 1.54) is 5.56 Å². The quantitative estimate of drug-likeness (QED) is 0.932. The van der Waals surface area contributed by atoms with E-state index in [-0.39, 0.29) is 6.61 Å². The average Bonchev–Trinajstić information content (AvgIpc) is 2.63. The number of benzene rings is 1. The Hall–Kier alpha value is -0.870. The van der Waals surface area contributed by atoms with Crippen LogP contribution in [0.5, 0.6) is 0 Å². The lowest BCUT2D eigenvalue weighted by Gasteiger charge is -1.99. The van der Waals surface area contributed by atoms with Crippen molar-refractivity contribution >= 4 is 26.9 Å². The second-order valence-corrected chi connectivity index (χ2v) is 4.27. The minimum atomic E-state index is 0.0929. The zero-order chi connectivity index (χ0) is 10.8. The topological polar surface area (TPSA) is 46.3 Å². The molecule has 0 aliphatic rings. The molecule has 0 saturated heterocycles. The first-order valence-electron chi connectivity index (χ1n) is 4.93. The van der Waals surface area contributed by atoms with Crippen LogP contribution < -0.4 is 0 Å². The number of hydrogen-bond acceptors (Lipinski definition) is 3. The van der Waals surface area contributed by atoms with Crippen molar-refractivity contribution in [3.8, 4) is 0 Å². The lowest BCUT2D eigenvalue weighted by atomic mass is 10.1. The second kappa shape index (κ2) is 4.33. The molecule has 1 aromatic carbocycles. The molecule has 0 atom stereocenters. The molecule has 0 aliphatic heterocycles. The molecule has 80 valence electrons. The highest BCUT2D eigenvalue weighted by Crippen LogP contribution is 2.28. The van der Waals surface area contributed by atoms with Gasteiger partial charge in [0, 0.05) is 18.4 Å². The van der Waals surface area contributed by atoms with E-state index in [4.69, 9.17) is 9.63 Å². The molecule has 0 unspecified atom stereocenters. The summed E-state index contributed by atoms with van der Waals surface area (Å²) in [6.45, 7) is 2.20. The van der Waals surface area contributed by atoms with Gasteiger partial charge in [0.1, 0.15) is 0 Å². The van der Waals surface area contributed by atoms with E-state index in [2.05, 4.69) is 34.1 Å². The lowest BCUT2D eigenvalue weighted by molar-refractivity contribution is 0.295. The molecule has 0 fully saturated rings. The monoisotopic (exact) mass is 269 g/mol. The maximum Gasteiger partial charge on any atom is 0.181 e. The highest BCUT2D eigenvalue weighted by atomic mass is 79.9. The Bertz CT molecular complexity index is 479. The van der Waals surface area contributed by atoms with Crippen LogP contribution in [0.4, 0.5) is 0 Å². The zero-order valence-electron chi connectivity index (χ0n) is 8.46. The molecule has 3 nitrogen and oxygen atoms in total. The van der Waals surface area contributed by atoms with Crippen LogP contribution in [-0.4, -0.2) is 16.9 Å². The Morgan fingerprint density at radius 3 is 2.93 bits per heavy atom. The van der Waals surface area contributed by atoms with Gasteiger partial charge in [0.2, 0.25) is 0 Å². The van der Waals surface area contributed by atoms with Crippen LogP contribution in [0.3, 0.4) is 0 Å². The van der Waals surface area contributed by atoms with Crippen LogP contribution in [0, 0.1) is 0 Å². The van der Waals surface area contributed by atoms with Gasteiger partial charge in [0.25, 0.3) is 0 Å². The van der Waals surface area contributed by atoms with E-state index in [1.807, 2.05) is 6.07 Å². The standard InChI is InChI=1S/C11H12BrNO2/c1-2-7-5-8-10(3-4-14)13-15-11(8)9(12)6-7/h5-6,14H,2-4H2,1H3. The van der Waals surface area contributed by atoms with E-state index in [1.54, 1.807) is 0 Å². The van der Waals surface area contributed by atoms with Crippen LogP contribution in [0.15, 0.2) is 21.1 Å². The van der Waals surface area contributed by atoms with Crippen molar-refractivity contribution in [2.45, 2.75) is 19.8 Å². The third-order valence-corrected chi connectivity index (χ3v) is 3.01. The van der Waals surface area contributed by atoms with Gasteiger partial charge in [-0.1, -0.05) is 12.1 Å². The van der Waals surface area contributed by atoms with Crippen LogP contribution >= 0.6 is 15.9 Å². The highest BCUT2D eigenvalue weighted by molar-refractivity contribution is 9.10. The van der Waals surface area contributed by atoms with Crippen molar-refractivity contribution in [1.29, 1.82) is 0 Å². The maximum atomic E-state index is 8.90. The third kappa shape index (κ3) is 1.92. The summed E-state index contributed by atoms with van der Waals surface area (Å²) in [5, 5.41) is 13.9. The molecule has 0 amide bonds. The molecule has 1 heterocycles. The molecule has 1 N–H and O–H groups in total. The van der Waals surface area contributed by atoms with Crippen molar-refractivity contribution in [2.24, 2.45) is 0 Å². The molecule has 4 heteroatoms. The molecule has 0 saturated carbocycles. The van der Waals surface area contributed by atoms with Crippen LogP contribution in [0.2, 0.25) is 0 Å². The number of aliphatic hydroxyl groups excluding tert-OH is 1. The van der Waals surface area contributed by atoms with Gasteiger partial charge in [0.15, 0.2) is 5.58 Å². The SMILES string of the molecule is CCc1cc(Br)c2onc(CCO)c2c1. The number of aliphatic hydroxyl groups is 1. The predicted octanol–water partition coefficient (Wildman–Crippen LogP) is 2.69. The first-order valence-corrected chi connectivity index (χ1v) is 5.73. The highest BCUT2D eigenvalue weighted by Gasteiger charge is 2.11. The minimum Gasteiger partial charge on any atom is -0.396 e. The molecule has 0 bridgehead atoms. The Labute approximate surface area is 96.2 Å². The van der Waals surface area contributed by atoms with Gasteiger partial charge in [-0.25, -0.2) is 0 Å². The summed E-state index contributed by atoms with van der Waals surface area (Å²) in [7, 11) is 0. The van der Waals surface area contributed by atoms with Crippen molar-refractivity contribution < 1.29 is 9.63 Å². The molecule has 2 aromatic rings. The van der Waals surface area contributed by atoms with E-state index in [0.29, 0.717) is 6.42 Å². The Balaban J connectivity index is 2.61. The molecule has 15 heavy (non-hydrogen) atoms. The van der Waals surface area contributed by atoms with Gasteiger partial charge in [-0.05, 0) is 40.0 Å².